The number of para-hydroxylation sites is 1. The Bertz CT molecular complexity index is 1270. The smallest absolute Gasteiger partial charge is 0.323 e. The fourth-order valence-corrected chi connectivity index (χ4v) is 5.77. The van der Waals surface area contributed by atoms with Crippen molar-refractivity contribution in [1.29, 1.82) is 0 Å². The Balaban J connectivity index is 1.13. The van der Waals surface area contributed by atoms with Crippen molar-refractivity contribution in [3.63, 3.8) is 0 Å². The standard InChI is InChI=1S/C30H38ClN5O6/c1-35-25-9-8-21(18-28(37)32-11-4-12-36-13-15-40-16-14-36)42-27(25)19-41-26-10-7-20(17-22(26)29(35)38)33-30(39)34-24-6-3-2-5-23(24)31/h2-3,5-7,10,17,21,25,27H,4,8-9,11-16,18-19H2,1H3,(H,32,37)(H2,33,34,39)/t21-,25-,27+/m0/s1. The first kappa shape index (κ1) is 30.1. The zero-order valence-corrected chi connectivity index (χ0v) is 24.5. The number of nitrogens with one attached hydrogen (secondary N) is 3. The third-order valence-electron chi connectivity index (χ3n) is 7.88. The Morgan fingerprint density at radius 3 is 2.69 bits per heavy atom. The lowest BCUT2D eigenvalue weighted by molar-refractivity contribution is -0.134. The number of benzene rings is 2. The Labute approximate surface area is 250 Å². The monoisotopic (exact) mass is 599 g/mol. The van der Waals surface area contributed by atoms with E-state index >= 15 is 0 Å². The second kappa shape index (κ2) is 14.2. The van der Waals surface area contributed by atoms with Gasteiger partial charge >= 0.3 is 6.03 Å². The van der Waals surface area contributed by atoms with Crippen LogP contribution in [0.15, 0.2) is 42.5 Å². The van der Waals surface area contributed by atoms with E-state index in [0.29, 0.717) is 47.1 Å². The molecule has 3 aliphatic rings. The van der Waals surface area contributed by atoms with Gasteiger partial charge in [0.05, 0.1) is 48.1 Å². The fraction of sp³-hybridized carbons (Fsp3) is 0.500. The second-order valence-corrected chi connectivity index (χ2v) is 11.2. The Hall–Kier alpha value is -3.38. The molecule has 2 aromatic rings. The number of amides is 4. The van der Waals surface area contributed by atoms with E-state index in [9.17, 15) is 14.4 Å². The van der Waals surface area contributed by atoms with Crippen LogP contribution in [0.25, 0.3) is 0 Å². The number of anilines is 2. The van der Waals surface area contributed by atoms with E-state index in [1.54, 1.807) is 54.4 Å². The molecule has 0 aromatic heterocycles. The Morgan fingerprint density at radius 1 is 1.07 bits per heavy atom. The van der Waals surface area contributed by atoms with Crippen molar-refractivity contribution in [3.05, 3.63) is 53.1 Å². The zero-order chi connectivity index (χ0) is 29.5. The number of hydrogen-bond acceptors (Lipinski definition) is 7. The van der Waals surface area contributed by atoms with Gasteiger partial charge in [0.15, 0.2) is 0 Å². The minimum atomic E-state index is -0.483. The number of carbonyl (C=O) groups is 3. The van der Waals surface area contributed by atoms with Crippen LogP contribution in [0.4, 0.5) is 16.2 Å². The summed E-state index contributed by atoms with van der Waals surface area (Å²) in [6, 6.07) is 11.2. The van der Waals surface area contributed by atoms with Crippen LogP contribution in [0.1, 0.15) is 36.0 Å². The van der Waals surface area contributed by atoms with Crippen LogP contribution >= 0.6 is 11.6 Å². The summed E-state index contributed by atoms with van der Waals surface area (Å²) in [7, 11) is 1.75. The normalized spacial score (nSPS) is 22.6. The number of morpholine rings is 1. The van der Waals surface area contributed by atoms with E-state index in [-0.39, 0.29) is 43.1 Å². The summed E-state index contributed by atoms with van der Waals surface area (Å²) in [5, 5.41) is 8.89. The number of rotatable bonds is 8. The van der Waals surface area contributed by atoms with E-state index < -0.39 is 6.03 Å². The van der Waals surface area contributed by atoms with Crippen molar-refractivity contribution in [3.8, 4) is 5.75 Å². The lowest BCUT2D eigenvalue weighted by Gasteiger charge is -2.42. The van der Waals surface area contributed by atoms with E-state index in [1.165, 1.54) is 0 Å². The molecule has 226 valence electrons. The van der Waals surface area contributed by atoms with Crippen molar-refractivity contribution in [2.24, 2.45) is 0 Å². The highest BCUT2D eigenvalue weighted by Crippen LogP contribution is 2.32. The summed E-state index contributed by atoms with van der Waals surface area (Å²) in [5.41, 5.74) is 1.27. The molecule has 2 aromatic carbocycles. The third kappa shape index (κ3) is 7.71. The van der Waals surface area contributed by atoms with Crippen molar-refractivity contribution in [1.82, 2.24) is 15.1 Å². The summed E-state index contributed by atoms with van der Waals surface area (Å²) in [4.78, 5) is 42.7. The first-order valence-electron chi connectivity index (χ1n) is 14.5. The van der Waals surface area contributed by atoms with Crippen LogP contribution in [-0.4, -0.2) is 98.9 Å². The molecule has 12 heteroatoms. The van der Waals surface area contributed by atoms with Crippen molar-refractivity contribution >= 4 is 40.8 Å². The van der Waals surface area contributed by atoms with Gasteiger partial charge in [-0.2, -0.15) is 0 Å². The molecule has 3 heterocycles. The van der Waals surface area contributed by atoms with Gasteiger partial charge in [0.2, 0.25) is 5.91 Å². The second-order valence-electron chi connectivity index (χ2n) is 10.8. The third-order valence-corrected chi connectivity index (χ3v) is 8.21. The summed E-state index contributed by atoms with van der Waals surface area (Å²) in [5.74, 6) is 0.154. The van der Waals surface area contributed by atoms with Gasteiger partial charge in [-0.1, -0.05) is 23.7 Å². The number of nitrogens with zero attached hydrogens (tertiary/aromatic N) is 2. The number of carbonyl (C=O) groups excluding carboxylic acids is 3. The number of likely N-dealkylation sites (N-methyl/N-ethyl adjacent to an activating group) is 1. The van der Waals surface area contributed by atoms with Gasteiger partial charge in [0.25, 0.3) is 5.91 Å². The highest BCUT2D eigenvalue weighted by molar-refractivity contribution is 6.33. The van der Waals surface area contributed by atoms with Crippen molar-refractivity contribution in [2.45, 2.75) is 43.9 Å². The molecule has 42 heavy (non-hydrogen) atoms. The molecule has 3 atom stereocenters. The van der Waals surface area contributed by atoms with E-state index in [4.69, 9.17) is 25.8 Å². The van der Waals surface area contributed by atoms with E-state index in [0.717, 1.165) is 39.3 Å². The van der Waals surface area contributed by atoms with E-state index in [2.05, 4.69) is 20.9 Å². The van der Waals surface area contributed by atoms with Crippen molar-refractivity contribution < 1.29 is 28.6 Å². The summed E-state index contributed by atoms with van der Waals surface area (Å²) in [6.45, 7) is 5.24. The predicted molar refractivity (Wildman–Crippen MR) is 159 cm³/mol. The lowest BCUT2D eigenvalue weighted by Crippen LogP contribution is -2.54. The first-order chi connectivity index (χ1) is 20.4. The fourth-order valence-electron chi connectivity index (χ4n) is 5.59. The number of urea groups is 1. The molecule has 2 fully saturated rings. The average molecular weight is 600 g/mol. The van der Waals surface area contributed by atoms with Crippen LogP contribution in [0.3, 0.4) is 0 Å². The molecule has 0 saturated carbocycles. The number of ether oxygens (including phenoxy) is 3. The topological polar surface area (TPSA) is 121 Å². The molecule has 0 spiro atoms. The van der Waals surface area contributed by atoms with Crippen LogP contribution in [-0.2, 0) is 14.3 Å². The molecule has 0 aliphatic carbocycles. The summed E-state index contributed by atoms with van der Waals surface area (Å²) >= 11 is 6.13. The molecular weight excluding hydrogens is 562 g/mol. The number of halogens is 1. The summed E-state index contributed by atoms with van der Waals surface area (Å²) < 4.78 is 17.7. The highest BCUT2D eigenvalue weighted by atomic mass is 35.5. The maximum Gasteiger partial charge on any atom is 0.323 e. The van der Waals surface area contributed by atoms with Gasteiger partial charge in [-0.25, -0.2) is 4.79 Å². The molecule has 11 nitrogen and oxygen atoms in total. The van der Waals surface area contributed by atoms with Crippen LogP contribution < -0.4 is 20.7 Å². The molecule has 0 bridgehead atoms. The molecule has 3 aliphatic heterocycles. The minimum absolute atomic E-state index is 0.0273. The first-order valence-corrected chi connectivity index (χ1v) is 14.8. The van der Waals surface area contributed by atoms with Gasteiger partial charge in [0, 0.05) is 32.4 Å². The molecule has 0 radical (unpaired) electrons. The largest absolute Gasteiger partial charge is 0.490 e. The van der Waals surface area contributed by atoms with Gasteiger partial charge in [0.1, 0.15) is 18.5 Å². The minimum Gasteiger partial charge on any atom is -0.490 e. The Kier molecular flexibility index (Phi) is 10.2. The molecular formula is C30H38ClN5O6. The lowest BCUT2D eigenvalue weighted by atomic mass is 9.94. The molecule has 2 saturated heterocycles. The van der Waals surface area contributed by atoms with Gasteiger partial charge < -0.3 is 35.1 Å². The Morgan fingerprint density at radius 2 is 1.88 bits per heavy atom. The average Bonchev–Trinajstić information content (AvgIpc) is 2.99. The molecule has 0 unspecified atom stereocenters. The van der Waals surface area contributed by atoms with Gasteiger partial charge in [-0.15, -0.1) is 0 Å². The van der Waals surface area contributed by atoms with Crippen molar-refractivity contribution in [2.75, 3.05) is 63.7 Å². The molecule has 3 N–H and O–H groups in total. The number of fused-ring (bicyclic) bond motifs is 2. The van der Waals surface area contributed by atoms with Gasteiger partial charge in [-0.3, -0.25) is 14.5 Å². The maximum absolute atomic E-state index is 13.5. The highest BCUT2D eigenvalue weighted by Gasteiger charge is 2.39. The summed E-state index contributed by atoms with van der Waals surface area (Å²) in [6.07, 6.45) is 1.93. The maximum atomic E-state index is 13.5. The van der Waals surface area contributed by atoms with Gasteiger partial charge in [-0.05, 0) is 56.1 Å². The van der Waals surface area contributed by atoms with Crippen LogP contribution in [0, 0.1) is 0 Å². The SMILES string of the molecule is CN1C(=O)c2cc(NC(=O)Nc3ccccc3Cl)ccc2OC[C@H]2O[C@H](CC(=O)NCCCN3CCOCC3)CC[C@@H]21. The van der Waals surface area contributed by atoms with Crippen LogP contribution in [0.2, 0.25) is 5.02 Å². The molecule has 5 rings (SSSR count). The van der Waals surface area contributed by atoms with E-state index in [1.807, 2.05) is 0 Å². The van der Waals surface area contributed by atoms with Crippen LogP contribution in [0.5, 0.6) is 5.75 Å². The quantitative estimate of drug-likeness (QED) is 0.397. The zero-order valence-electron chi connectivity index (χ0n) is 23.8. The number of hydrogen-bond donors (Lipinski definition) is 3. The predicted octanol–water partition coefficient (Wildman–Crippen LogP) is 3.59. The molecule has 4 amide bonds.